The smallest absolute Gasteiger partial charge is 0.243 e. The van der Waals surface area contributed by atoms with Crippen molar-refractivity contribution in [2.75, 3.05) is 11.9 Å². The van der Waals surface area contributed by atoms with E-state index in [1.807, 2.05) is 32.9 Å². The van der Waals surface area contributed by atoms with Crippen molar-refractivity contribution in [1.82, 2.24) is 10.6 Å². The first kappa shape index (κ1) is 19.2. The third kappa shape index (κ3) is 6.40. The second-order valence-electron chi connectivity index (χ2n) is 5.65. The van der Waals surface area contributed by atoms with Crippen LogP contribution < -0.4 is 16.0 Å². The second kappa shape index (κ2) is 8.67. The van der Waals surface area contributed by atoms with Gasteiger partial charge in [-0.1, -0.05) is 29.8 Å². The molecule has 0 aliphatic rings. The Kier molecular flexibility index (Phi) is 7.22. The zero-order chi connectivity index (χ0) is 17.6. The van der Waals surface area contributed by atoms with Crippen LogP contribution in [0.2, 0.25) is 0 Å². The van der Waals surface area contributed by atoms with Gasteiger partial charge in [0.1, 0.15) is 6.04 Å². The summed E-state index contributed by atoms with van der Waals surface area (Å²) >= 11 is 3.36. The van der Waals surface area contributed by atoms with Crippen LogP contribution in [0.15, 0.2) is 22.7 Å². The van der Waals surface area contributed by atoms with Crippen LogP contribution in [0.25, 0.3) is 0 Å². The summed E-state index contributed by atoms with van der Waals surface area (Å²) in [5.41, 5.74) is 1.60. The Morgan fingerprint density at radius 3 is 2.39 bits per heavy atom. The van der Waals surface area contributed by atoms with Gasteiger partial charge in [-0.25, -0.2) is 0 Å². The van der Waals surface area contributed by atoms with Gasteiger partial charge in [-0.15, -0.1) is 0 Å². The number of carbonyl (C=O) groups is 3. The topological polar surface area (TPSA) is 87.3 Å². The Balaban J connectivity index is 2.57. The maximum Gasteiger partial charge on any atom is 0.243 e. The molecule has 126 valence electrons. The first-order valence-corrected chi connectivity index (χ1v) is 8.10. The van der Waals surface area contributed by atoms with Gasteiger partial charge in [-0.3, -0.25) is 14.4 Å². The molecule has 7 heteroatoms. The average Bonchev–Trinajstić information content (AvgIpc) is 2.44. The third-order valence-corrected chi connectivity index (χ3v) is 3.69. The lowest BCUT2D eigenvalue weighted by molar-refractivity contribution is -0.130. The standard InChI is InChI=1S/C16H22BrN3O3/c1-9(2)15(19-11(4)21)16(23)18-8-14(22)20-13-6-5-12(17)7-10(13)3/h5-7,9,15H,8H2,1-4H3,(H,18,23)(H,19,21)(H,20,22)/t15-/m1/s1. The van der Waals surface area contributed by atoms with Crippen LogP contribution in [0.3, 0.4) is 0 Å². The fourth-order valence-electron chi connectivity index (χ4n) is 1.99. The van der Waals surface area contributed by atoms with Crippen LogP contribution in [-0.2, 0) is 14.4 Å². The summed E-state index contributed by atoms with van der Waals surface area (Å²) in [6.45, 7) is 6.73. The van der Waals surface area contributed by atoms with E-state index in [-0.39, 0.29) is 30.2 Å². The largest absolute Gasteiger partial charge is 0.345 e. The van der Waals surface area contributed by atoms with Crippen LogP contribution in [-0.4, -0.2) is 30.3 Å². The maximum atomic E-state index is 12.1. The van der Waals surface area contributed by atoms with Crippen molar-refractivity contribution >= 4 is 39.3 Å². The molecule has 0 aliphatic carbocycles. The molecule has 3 N–H and O–H groups in total. The summed E-state index contributed by atoms with van der Waals surface area (Å²) in [7, 11) is 0. The van der Waals surface area contributed by atoms with Gasteiger partial charge < -0.3 is 16.0 Å². The SMILES string of the molecule is CC(=O)N[C@@H](C(=O)NCC(=O)Nc1ccc(Br)cc1C)C(C)C. The van der Waals surface area contributed by atoms with Crippen LogP contribution in [0.1, 0.15) is 26.3 Å². The lowest BCUT2D eigenvalue weighted by Gasteiger charge is -2.20. The third-order valence-electron chi connectivity index (χ3n) is 3.19. The fourth-order valence-corrected chi connectivity index (χ4v) is 2.47. The minimum absolute atomic E-state index is 0.0734. The van der Waals surface area contributed by atoms with E-state index in [1.54, 1.807) is 6.07 Å². The highest BCUT2D eigenvalue weighted by atomic mass is 79.9. The summed E-state index contributed by atoms with van der Waals surface area (Å²) in [5.74, 6) is -1.06. The molecule has 1 atom stereocenters. The highest BCUT2D eigenvalue weighted by Gasteiger charge is 2.23. The second-order valence-corrected chi connectivity index (χ2v) is 6.56. The zero-order valence-corrected chi connectivity index (χ0v) is 15.3. The molecule has 6 nitrogen and oxygen atoms in total. The van der Waals surface area contributed by atoms with E-state index >= 15 is 0 Å². The highest BCUT2D eigenvalue weighted by Crippen LogP contribution is 2.19. The van der Waals surface area contributed by atoms with Crippen LogP contribution >= 0.6 is 15.9 Å². The van der Waals surface area contributed by atoms with Gasteiger partial charge in [0.05, 0.1) is 6.54 Å². The molecule has 0 aliphatic heterocycles. The normalized spacial score (nSPS) is 11.7. The molecule has 0 spiro atoms. The molecule has 1 aromatic rings. The molecule has 1 aromatic carbocycles. The predicted molar refractivity (Wildman–Crippen MR) is 93.0 cm³/mol. The molecule has 0 fully saturated rings. The fraction of sp³-hybridized carbons (Fsp3) is 0.438. The molecule has 0 heterocycles. The van der Waals surface area contributed by atoms with E-state index in [4.69, 9.17) is 0 Å². The number of benzene rings is 1. The Morgan fingerprint density at radius 2 is 1.87 bits per heavy atom. The van der Waals surface area contributed by atoms with Gasteiger partial charge in [0.15, 0.2) is 0 Å². The summed E-state index contributed by atoms with van der Waals surface area (Å²) in [6, 6.07) is 4.84. The first-order valence-electron chi connectivity index (χ1n) is 7.31. The summed E-state index contributed by atoms with van der Waals surface area (Å²) in [6.07, 6.45) is 0. The summed E-state index contributed by atoms with van der Waals surface area (Å²) in [5, 5.41) is 7.87. The molecule has 0 saturated carbocycles. The van der Waals surface area contributed by atoms with Gasteiger partial charge in [0.25, 0.3) is 0 Å². The minimum atomic E-state index is -0.658. The van der Waals surface area contributed by atoms with Crippen molar-refractivity contribution in [1.29, 1.82) is 0 Å². The molecule has 0 saturated heterocycles. The first-order chi connectivity index (χ1) is 10.7. The Bertz CT molecular complexity index is 602. The number of hydrogen-bond acceptors (Lipinski definition) is 3. The number of nitrogens with one attached hydrogen (secondary N) is 3. The lowest BCUT2D eigenvalue weighted by atomic mass is 10.0. The van der Waals surface area contributed by atoms with Crippen molar-refractivity contribution < 1.29 is 14.4 Å². The van der Waals surface area contributed by atoms with Crippen molar-refractivity contribution in [3.8, 4) is 0 Å². The summed E-state index contributed by atoms with van der Waals surface area (Å²) in [4.78, 5) is 35.2. The number of rotatable bonds is 6. The molecule has 0 unspecified atom stereocenters. The van der Waals surface area contributed by atoms with Crippen molar-refractivity contribution in [3.63, 3.8) is 0 Å². The van der Waals surface area contributed by atoms with Gasteiger partial charge in [0.2, 0.25) is 17.7 Å². The molecular formula is C16H22BrN3O3. The number of aryl methyl sites for hydroxylation is 1. The zero-order valence-electron chi connectivity index (χ0n) is 13.7. The van der Waals surface area contributed by atoms with E-state index in [0.29, 0.717) is 5.69 Å². The van der Waals surface area contributed by atoms with Gasteiger partial charge in [-0.2, -0.15) is 0 Å². The Morgan fingerprint density at radius 1 is 1.22 bits per heavy atom. The van der Waals surface area contributed by atoms with Crippen LogP contribution in [0, 0.1) is 12.8 Å². The Hall–Kier alpha value is -1.89. The molecule has 1 rings (SSSR count). The minimum Gasteiger partial charge on any atom is -0.345 e. The lowest BCUT2D eigenvalue weighted by Crippen LogP contribution is -2.50. The molecule has 0 radical (unpaired) electrons. The van der Waals surface area contributed by atoms with Crippen molar-refractivity contribution in [3.05, 3.63) is 28.2 Å². The maximum absolute atomic E-state index is 12.1. The average molecular weight is 384 g/mol. The van der Waals surface area contributed by atoms with Gasteiger partial charge in [0, 0.05) is 17.1 Å². The van der Waals surface area contributed by atoms with Crippen molar-refractivity contribution in [2.24, 2.45) is 5.92 Å². The van der Waals surface area contributed by atoms with E-state index in [9.17, 15) is 14.4 Å². The Labute approximate surface area is 144 Å². The van der Waals surface area contributed by atoms with Crippen LogP contribution in [0.5, 0.6) is 0 Å². The number of carbonyl (C=O) groups excluding carboxylic acids is 3. The van der Waals surface area contributed by atoms with E-state index < -0.39 is 6.04 Å². The number of halogens is 1. The monoisotopic (exact) mass is 383 g/mol. The number of amides is 3. The molecule has 0 bridgehead atoms. The highest BCUT2D eigenvalue weighted by molar-refractivity contribution is 9.10. The van der Waals surface area contributed by atoms with Crippen LogP contribution in [0.4, 0.5) is 5.69 Å². The summed E-state index contributed by atoms with van der Waals surface area (Å²) < 4.78 is 0.927. The molecular weight excluding hydrogens is 362 g/mol. The number of anilines is 1. The molecule has 3 amide bonds. The predicted octanol–water partition coefficient (Wildman–Crippen LogP) is 1.97. The van der Waals surface area contributed by atoms with Gasteiger partial charge in [-0.05, 0) is 36.6 Å². The molecule has 23 heavy (non-hydrogen) atoms. The van der Waals surface area contributed by atoms with E-state index in [0.717, 1.165) is 10.0 Å². The van der Waals surface area contributed by atoms with Crippen molar-refractivity contribution in [2.45, 2.75) is 33.7 Å². The molecule has 0 aromatic heterocycles. The van der Waals surface area contributed by atoms with E-state index in [1.165, 1.54) is 6.92 Å². The van der Waals surface area contributed by atoms with E-state index in [2.05, 4.69) is 31.9 Å². The van der Waals surface area contributed by atoms with Gasteiger partial charge >= 0.3 is 0 Å². The quantitative estimate of drug-likeness (QED) is 0.701. The number of hydrogen-bond donors (Lipinski definition) is 3.